The van der Waals surface area contributed by atoms with Crippen LogP contribution in [0.5, 0.6) is 0 Å². The number of benzene rings is 2. The molecule has 0 aliphatic heterocycles. The van der Waals surface area contributed by atoms with Crippen LogP contribution in [0.2, 0.25) is 5.02 Å². The molecule has 2 aromatic carbocycles. The molecule has 0 aromatic heterocycles. The van der Waals surface area contributed by atoms with Crippen molar-refractivity contribution in [2.45, 2.75) is 25.9 Å². The van der Waals surface area contributed by atoms with E-state index in [1.807, 2.05) is 0 Å². The zero-order valence-electron chi connectivity index (χ0n) is 15.0. The van der Waals surface area contributed by atoms with Gasteiger partial charge < -0.3 is 10.2 Å². The van der Waals surface area contributed by atoms with Crippen LogP contribution in [0.25, 0.3) is 0 Å². The lowest BCUT2D eigenvalue weighted by atomic mass is 10.1. The van der Waals surface area contributed by atoms with Crippen LogP contribution in [0.15, 0.2) is 48.5 Å². The number of nitrogens with one attached hydrogen (secondary N) is 1. The summed E-state index contributed by atoms with van der Waals surface area (Å²) in [6.45, 7) is 1.80. The van der Waals surface area contributed by atoms with E-state index in [4.69, 9.17) is 11.6 Å². The summed E-state index contributed by atoms with van der Waals surface area (Å²) in [6.07, 6.45) is -0.175. The van der Waals surface area contributed by atoms with E-state index in [9.17, 15) is 19.7 Å². The van der Waals surface area contributed by atoms with Crippen LogP contribution in [0.1, 0.15) is 18.1 Å². The number of halogens is 1. The zero-order valence-corrected chi connectivity index (χ0v) is 15.8. The number of rotatable bonds is 7. The Morgan fingerprint density at radius 1 is 1.19 bits per heavy atom. The number of carbonyl (C=O) groups excluding carboxylic acids is 2. The minimum atomic E-state index is -0.735. The monoisotopic (exact) mass is 389 g/mol. The molecule has 0 aliphatic rings. The first-order valence-corrected chi connectivity index (χ1v) is 8.69. The van der Waals surface area contributed by atoms with Crippen molar-refractivity contribution in [3.63, 3.8) is 0 Å². The van der Waals surface area contributed by atoms with E-state index in [1.54, 1.807) is 49.4 Å². The molecule has 2 rings (SSSR count). The quantitative estimate of drug-likeness (QED) is 0.582. The largest absolute Gasteiger partial charge is 0.357 e. The van der Waals surface area contributed by atoms with E-state index in [2.05, 4.69) is 5.32 Å². The number of likely N-dealkylation sites (N-methyl/N-ethyl adjacent to an activating group) is 1. The fourth-order valence-electron chi connectivity index (χ4n) is 2.68. The normalized spacial score (nSPS) is 11.5. The number of amides is 2. The van der Waals surface area contributed by atoms with Gasteiger partial charge in [0.05, 0.1) is 11.3 Å². The van der Waals surface area contributed by atoms with Crippen molar-refractivity contribution in [1.82, 2.24) is 10.2 Å². The maximum atomic E-state index is 12.9. The molecular formula is C19H20ClN3O4. The molecule has 0 fully saturated rings. The van der Waals surface area contributed by atoms with Gasteiger partial charge in [0, 0.05) is 30.2 Å². The molecule has 1 atom stereocenters. The predicted molar refractivity (Wildman–Crippen MR) is 102 cm³/mol. The minimum Gasteiger partial charge on any atom is -0.357 e. The van der Waals surface area contributed by atoms with Gasteiger partial charge in [0.15, 0.2) is 0 Å². The molecule has 0 aliphatic carbocycles. The van der Waals surface area contributed by atoms with E-state index in [0.717, 1.165) is 5.56 Å². The maximum Gasteiger partial charge on any atom is 0.273 e. The predicted octanol–water partition coefficient (Wildman–Crippen LogP) is 2.95. The average molecular weight is 390 g/mol. The molecule has 2 aromatic rings. The van der Waals surface area contributed by atoms with Crippen molar-refractivity contribution in [2.75, 3.05) is 7.05 Å². The molecule has 2 amide bonds. The lowest BCUT2D eigenvalue weighted by Gasteiger charge is -2.28. The number of nitro groups is 1. The molecule has 0 saturated heterocycles. The highest BCUT2D eigenvalue weighted by molar-refractivity contribution is 6.30. The number of hydrogen-bond acceptors (Lipinski definition) is 4. The van der Waals surface area contributed by atoms with Gasteiger partial charge in [-0.1, -0.05) is 41.9 Å². The highest BCUT2D eigenvalue weighted by atomic mass is 35.5. The minimum absolute atomic E-state index is 0.120. The third kappa shape index (κ3) is 5.27. The van der Waals surface area contributed by atoms with Gasteiger partial charge in [0.25, 0.3) is 5.69 Å². The van der Waals surface area contributed by atoms with E-state index >= 15 is 0 Å². The van der Waals surface area contributed by atoms with Crippen LogP contribution in [-0.2, 0) is 22.6 Å². The Morgan fingerprint density at radius 3 is 2.41 bits per heavy atom. The lowest BCUT2D eigenvalue weighted by molar-refractivity contribution is -0.385. The van der Waals surface area contributed by atoms with Gasteiger partial charge in [-0.15, -0.1) is 0 Å². The van der Waals surface area contributed by atoms with Gasteiger partial charge >= 0.3 is 0 Å². The summed E-state index contributed by atoms with van der Waals surface area (Å²) in [7, 11) is 1.49. The summed E-state index contributed by atoms with van der Waals surface area (Å²) >= 11 is 5.89. The summed E-state index contributed by atoms with van der Waals surface area (Å²) in [5.74, 6) is -0.699. The van der Waals surface area contributed by atoms with Gasteiger partial charge in [0.1, 0.15) is 6.04 Å². The molecule has 7 nitrogen and oxygen atoms in total. The van der Waals surface area contributed by atoms with Gasteiger partial charge in [-0.2, -0.15) is 0 Å². The molecule has 0 bridgehead atoms. The Labute approximate surface area is 162 Å². The lowest BCUT2D eigenvalue weighted by Crippen LogP contribution is -2.47. The number of hydrogen-bond donors (Lipinski definition) is 1. The van der Waals surface area contributed by atoms with Crippen molar-refractivity contribution in [2.24, 2.45) is 0 Å². The molecule has 0 unspecified atom stereocenters. The van der Waals surface area contributed by atoms with Crippen LogP contribution in [0.4, 0.5) is 5.69 Å². The summed E-state index contributed by atoms with van der Waals surface area (Å²) in [6, 6.07) is 12.3. The van der Waals surface area contributed by atoms with Crippen molar-refractivity contribution in [3.8, 4) is 0 Å². The Hall–Kier alpha value is -2.93. The molecule has 0 radical (unpaired) electrons. The third-order valence-corrected chi connectivity index (χ3v) is 4.46. The fourth-order valence-corrected chi connectivity index (χ4v) is 2.81. The molecule has 8 heteroatoms. The van der Waals surface area contributed by atoms with Crippen molar-refractivity contribution in [3.05, 3.63) is 74.8 Å². The van der Waals surface area contributed by atoms with E-state index in [0.29, 0.717) is 10.6 Å². The second kappa shape index (κ2) is 9.14. The van der Waals surface area contributed by atoms with E-state index in [-0.39, 0.29) is 30.5 Å². The summed E-state index contributed by atoms with van der Waals surface area (Å²) in [5, 5.41) is 14.3. The topological polar surface area (TPSA) is 92.6 Å². The smallest absolute Gasteiger partial charge is 0.273 e. The average Bonchev–Trinajstić information content (AvgIpc) is 2.66. The molecular weight excluding hydrogens is 370 g/mol. The molecule has 27 heavy (non-hydrogen) atoms. The van der Waals surface area contributed by atoms with E-state index in [1.165, 1.54) is 18.0 Å². The van der Waals surface area contributed by atoms with Gasteiger partial charge in [-0.05, 0) is 24.6 Å². The first-order chi connectivity index (χ1) is 12.8. The first kappa shape index (κ1) is 20.4. The second-order valence-electron chi connectivity index (χ2n) is 6.00. The Kier molecular flexibility index (Phi) is 6.90. The highest BCUT2D eigenvalue weighted by Crippen LogP contribution is 2.20. The van der Waals surface area contributed by atoms with Gasteiger partial charge in [0.2, 0.25) is 11.8 Å². The van der Waals surface area contributed by atoms with Crippen LogP contribution in [-0.4, -0.2) is 34.7 Å². The van der Waals surface area contributed by atoms with Gasteiger partial charge in [-0.25, -0.2) is 0 Å². The Bertz CT molecular complexity index is 839. The molecule has 0 spiro atoms. The van der Waals surface area contributed by atoms with Crippen molar-refractivity contribution < 1.29 is 14.5 Å². The molecule has 1 N–H and O–H groups in total. The third-order valence-electron chi connectivity index (χ3n) is 4.21. The van der Waals surface area contributed by atoms with Crippen LogP contribution < -0.4 is 5.32 Å². The SMILES string of the molecule is CNC(=O)[C@@H](C)N(Cc1ccc(Cl)cc1)C(=O)Cc1ccccc1[N+](=O)[O-]. The first-order valence-electron chi connectivity index (χ1n) is 8.31. The van der Waals surface area contributed by atoms with Crippen LogP contribution in [0.3, 0.4) is 0 Å². The standard InChI is InChI=1S/C19H20ClN3O4/c1-13(19(25)21-2)22(12-14-7-9-16(20)10-8-14)18(24)11-15-5-3-4-6-17(15)23(26)27/h3-10,13H,11-12H2,1-2H3,(H,21,25)/t13-/m1/s1. The molecule has 142 valence electrons. The summed E-state index contributed by atoms with van der Waals surface area (Å²) in [5.41, 5.74) is 0.980. The zero-order chi connectivity index (χ0) is 20.0. The van der Waals surface area contributed by atoms with Gasteiger partial charge in [-0.3, -0.25) is 19.7 Å². The number of para-hydroxylation sites is 1. The molecule has 0 heterocycles. The maximum absolute atomic E-state index is 12.9. The Morgan fingerprint density at radius 2 is 1.81 bits per heavy atom. The highest BCUT2D eigenvalue weighted by Gasteiger charge is 2.27. The second-order valence-corrected chi connectivity index (χ2v) is 6.44. The number of carbonyl (C=O) groups is 2. The molecule has 0 saturated carbocycles. The summed E-state index contributed by atoms with van der Waals surface area (Å²) < 4.78 is 0. The van der Waals surface area contributed by atoms with Crippen molar-refractivity contribution in [1.29, 1.82) is 0 Å². The fraction of sp³-hybridized carbons (Fsp3) is 0.263. The number of nitro benzene ring substituents is 1. The Balaban J connectivity index is 2.29. The van der Waals surface area contributed by atoms with Crippen molar-refractivity contribution >= 4 is 29.1 Å². The van der Waals surface area contributed by atoms with Crippen LogP contribution >= 0.6 is 11.6 Å². The summed E-state index contributed by atoms with van der Waals surface area (Å²) in [4.78, 5) is 37.1. The van der Waals surface area contributed by atoms with Crippen LogP contribution in [0, 0.1) is 10.1 Å². The number of nitrogens with zero attached hydrogens (tertiary/aromatic N) is 2. The van der Waals surface area contributed by atoms with E-state index < -0.39 is 11.0 Å².